The highest BCUT2D eigenvalue weighted by molar-refractivity contribution is 6.06. The number of nitrogens with zero attached hydrogens (tertiary/aromatic N) is 2. The van der Waals surface area contributed by atoms with Gasteiger partial charge >= 0.3 is 0 Å². The largest absolute Gasteiger partial charge is 0.337 e. The van der Waals surface area contributed by atoms with Crippen LogP contribution in [0.25, 0.3) is 0 Å². The van der Waals surface area contributed by atoms with Gasteiger partial charge in [0.25, 0.3) is 11.8 Å². The molecule has 5 heteroatoms. The van der Waals surface area contributed by atoms with Gasteiger partial charge in [0.15, 0.2) is 0 Å². The van der Waals surface area contributed by atoms with Crippen molar-refractivity contribution >= 4 is 17.5 Å². The summed E-state index contributed by atoms with van der Waals surface area (Å²) in [6.07, 6.45) is 4.74. The molecule has 1 N–H and O–H groups in total. The normalized spacial score (nSPS) is 14.2. The number of carbonyl (C=O) groups excluding carboxylic acids is 2. The lowest BCUT2D eigenvalue weighted by Crippen LogP contribution is -2.36. The number of rotatable bonds is 3. The second kappa shape index (κ2) is 7.47. The van der Waals surface area contributed by atoms with Gasteiger partial charge in [0.05, 0.1) is 0 Å². The summed E-state index contributed by atoms with van der Waals surface area (Å²) in [6.45, 7) is 5.50. The maximum atomic E-state index is 12.6. The molecule has 1 aromatic carbocycles. The molecule has 2 heterocycles. The van der Waals surface area contributed by atoms with E-state index in [9.17, 15) is 9.59 Å². The highest BCUT2D eigenvalue weighted by Crippen LogP contribution is 2.18. The lowest BCUT2D eigenvalue weighted by Gasteiger charge is -2.26. The third-order valence-electron chi connectivity index (χ3n) is 4.51. The number of piperidine rings is 1. The van der Waals surface area contributed by atoms with E-state index in [1.807, 2.05) is 36.9 Å². The molecule has 1 aliphatic heterocycles. The van der Waals surface area contributed by atoms with Crippen molar-refractivity contribution in [2.24, 2.45) is 0 Å². The Hall–Kier alpha value is -2.69. The van der Waals surface area contributed by atoms with Crippen LogP contribution in [-0.2, 0) is 0 Å². The number of pyridine rings is 1. The van der Waals surface area contributed by atoms with Gasteiger partial charge in [-0.3, -0.25) is 14.6 Å². The van der Waals surface area contributed by atoms with Crippen LogP contribution in [0.5, 0.6) is 0 Å². The molecule has 2 aromatic rings. The molecule has 25 heavy (non-hydrogen) atoms. The van der Waals surface area contributed by atoms with Gasteiger partial charge in [0.2, 0.25) is 0 Å². The molecule has 3 rings (SSSR count). The lowest BCUT2D eigenvalue weighted by atomic mass is 10.1. The fraction of sp³-hybridized carbons (Fsp3) is 0.350. The van der Waals surface area contributed by atoms with Gasteiger partial charge in [-0.1, -0.05) is 17.7 Å². The quantitative estimate of drug-likeness (QED) is 0.931. The van der Waals surface area contributed by atoms with Crippen LogP contribution in [0.2, 0.25) is 0 Å². The molecule has 1 aromatic heterocycles. The second-order valence-corrected chi connectivity index (χ2v) is 6.56. The van der Waals surface area contributed by atoms with Crippen LogP contribution in [0.15, 0.2) is 36.5 Å². The Kier molecular flexibility index (Phi) is 5.12. The van der Waals surface area contributed by atoms with Gasteiger partial charge in [0, 0.05) is 30.5 Å². The Morgan fingerprint density at radius 3 is 2.52 bits per heavy atom. The SMILES string of the molecule is Cc1ccc(NC(=O)c2ccnc(C(=O)N3CCCCC3)c2)c(C)c1. The first-order valence-electron chi connectivity index (χ1n) is 8.68. The van der Waals surface area contributed by atoms with Crippen LogP contribution >= 0.6 is 0 Å². The number of aryl methyl sites for hydroxylation is 2. The molecule has 130 valence electrons. The summed E-state index contributed by atoms with van der Waals surface area (Å²) in [5.41, 5.74) is 3.70. The summed E-state index contributed by atoms with van der Waals surface area (Å²) in [5, 5.41) is 2.91. The van der Waals surface area contributed by atoms with E-state index >= 15 is 0 Å². The predicted octanol–water partition coefficient (Wildman–Crippen LogP) is 3.58. The van der Waals surface area contributed by atoms with Crippen LogP contribution in [0.4, 0.5) is 5.69 Å². The third kappa shape index (κ3) is 4.05. The van der Waals surface area contributed by atoms with Crippen molar-refractivity contribution < 1.29 is 9.59 Å². The fourth-order valence-corrected chi connectivity index (χ4v) is 3.10. The molecule has 0 atom stereocenters. The first-order chi connectivity index (χ1) is 12.0. The Morgan fingerprint density at radius 2 is 1.80 bits per heavy atom. The highest BCUT2D eigenvalue weighted by Gasteiger charge is 2.20. The van der Waals surface area contributed by atoms with E-state index in [2.05, 4.69) is 10.3 Å². The van der Waals surface area contributed by atoms with Crippen LogP contribution in [0, 0.1) is 13.8 Å². The Labute approximate surface area is 148 Å². The summed E-state index contributed by atoms with van der Waals surface area (Å²) in [6, 6.07) is 9.08. The van der Waals surface area contributed by atoms with Crippen LogP contribution < -0.4 is 5.32 Å². The monoisotopic (exact) mass is 337 g/mol. The number of aromatic nitrogens is 1. The topological polar surface area (TPSA) is 62.3 Å². The molecule has 1 saturated heterocycles. The Bertz CT molecular complexity index is 795. The first-order valence-corrected chi connectivity index (χ1v) is 8.68. The molecule has 2 amide bonds. The number of nitrogens with one attached hydrogen (secondary N) is 1. The number of amides is 2. The van der Waals surface area contributed by atoms with Crippen molar-refractivity contribution in [2.45, 2.75) is 33.1 Å². The third-order valence-corrected chi connectivity index (χ3v) is 4.51. The average Bonchev–Trinajstić information content (AvgIpc) is 2.64. The van der Waals surface area contributed by atoms with Crippen molar-refractivity contribution in [1.29, 1.82) is 0 Å². The molecule has 0 aliphatic carbocycles. The Balaban J connectivity index is 1.76. The maximum absolute atomic E-state index is 12.6. The summed E-state index contributed by atoms with van der Waals surface area (Å²) < 4.78 is 0. The molecule has 5 nitrogen and oxygen atoms in total. The van der Waals surface area contributed by atoms with Crippen molar-refractivity contribution in [3.05, 3.63) is 58.9 Å². The van der Waals surface area contributed by atoms with Crippen molar-refractivity contribution in [3.63, 3.8) is 0 Å². The zero-order chi connectivity index (χ0) is 17.8. The Morgan fingerprint density at radius 1 is 1.04 bits per heavy atom. The summed E-state index contributed by atoms with van der Waals surface area (Å²) >= 11 is 0. The molecular formula is C20H23N3O2. The van der Waals surface area contributed by atoms with E-state index in [1.165, 1.54) is 6.20 Å². The molecule has 1 aliphatic rings. The molecule has 0 saturated carbocycles. The summed E-state index contributed by atoms with van der Waals surface area (Å²) in [4.78, 5) is 31.1. The minimum atomic E-state index is -0.234. The highest BCUT2D eigenvalue weighted by atomic mass is 16.2. The van der Waals surface area contributed by atoms with E-state index in [4.69, 9.17) is 0 Å². The van der Waals surface area contributed by atoms with Crippen LogP contribution in [0.3, 0.4) is 0 Å². The number of carbonyl (C=O) groups is 2. The van der Waals surface area contributed by atoms with Gasteiger partial charge in [-0.15, -0.1) is 0 Å². The molecule has 0 unspecified atom stereocenters. The van der Waals surface area contributed by atoms with E-state index in [0.717, 1.165) is 49.2 Å². The minimum absolute atomic E-state index is 0.0964. The molecule has 0 spiro atoms. The van der Waals surface area contributed by atoms with E-state index in [-0.39, 0.29) is 11.8 Å². The van der Waals surface area contributed by atoms with Crippen molar-refractivity contribution in [1.82, 2.24) is 9.88 Å². The van der Waals surface area contributed by atoms with Crippen LogP contribution in [0.1, 0.15) is 51.2 Å². The molecule has 1 fully saturated rings. The zero-order valence-electron chi connectivity index (χ0n) is 14.7. The standard InChI is InChI=1S/C20H23N3O2/c1-14-6-7-17(15(2)12-14)22-19(24)16-8-9-21-18(13-16)20(25)23-10-4-3-5-11-23/h6-9,12-13H,3-5,10-11H2,1-2H3,(H,22,24). The van der Waals surface area contributed by atoms with Crippen molar-refractivity contribution in [2.75, 3.05) is 18.4 Å². The summed E-state index contributed by atoms with van der Waals surface area (Å²) in [7, 11) is 0. The van der Waals surface area contributed by atoms with Crippen LogP contribution in [-0.4, -0.2) is 34.8 Å². The summed E-state index contributed by atoms with van der Waals surface area (Å²) in [5.74, 6) is -0.331. The van der Waals surface area contributed by atoms with E-state index < -0.39 is 0 Å². The van der Waals surface area contributed by atoms with Gasteiger partial charge < -0.3 is 10.2 Å². The smallest absolute Gasteiger partial charge is 0.272 e. The molecular weight excluding hydrogens is 314 g/mol. The average molecular weight is 337 g/mol. The number of anilines is 1. The van der Waals surface area contributed by atoms with Crippen molar-refractivity contribution in [3.8, 4) is 0 Å². The fourth-order valence-electron chi connectivity index (χ4n) is 3.10. The van der Waals surface area contributed by atoms with Gasteiger partial charge in [0.1, 0.15) is 5.69 Å². The number of likely N-dealkylation sites (tertiary alicyclic amines) is 1. The second-order valence-electron chi connectivity index (χ2n) is 6.56. The van der Waals surface area contributed by atoms with E-state index in [0.29, 0.717) is 11.3 Å². The predicted molar refractivity (Wildman–Crippen MR) is 97.9 cm³/mol. The lowest BCUT2D eigenvalue weighted by molar-refractivity contribution is 0.0718. The van der Waals surface area contributed by atoms with Gasteiger partial charge in [-0.25, -0.2) is 0 Å². The number of hydrogen-bond donors (Lipinski definition) is 1. The molecule has 0 radical (unpaired) electrons. The first kappa shape index (κ1) is 17.1. The van der Waals surface area contributed by atoms with E-state index in [1.54, 1.807) is 12.1 Å². The maximum Gasteiger partial charge on any atom is 0.272 e. The van der Waals surface area contributed by atoms with Gasteiger partial charge in [-0.05, 0) is 56.9 Å². The van der Waals surface area contributed by atoms with Gasteiger partial charge in [-0.2, -0.15) is 0 Å². The molecule has 0 bridgehead atoms. The number of hydrogen-bond acceptors (Lipinski definition) is 3. The minimum Gasteiger partial charge on any atom is -0.337 e. The number of benzene rings is 1. The zero-order valence-corrected chi connectivity index (χ0v) is 14.7.